The first-order valence-corrected chi connectivity index (χ1v) is 6.33. The third-order valence-corrected chi connectivity index (χ3v) is 4.06. The van der Waals surface area contributed by atoms with Crippen LogP contribution in [0.15, 0.2) is 0 Å². The van der Waals surface area contributed by atoms with Crippen molar-refractivity contribution < 1.29 is 0 Å². The lowest BCUT2D eigenvalue weighted by Crippen LogP contribution is -2.34. The summed E-state index contributed by atoms with van der Waals surface area (Å²) in [6.45, 7) is 8.36. The average Bonchev–Trinajstić information content (AvgIpc) is 2.18. The third kappa shape index (κ3) is 2.98. The molecule has 0 amide bonds. The highest BCUT2D eigenvalue weighted by Crippen LogP contribution is 2.38. The van der Waals surface area contributed by atoms with E-state index in [0.29, 0.717) is 0 Å². The van der Waals surface area contributed by atoms with E-state index in [-0.39, 0.29) is 0 Å². The second kappa shape index (κ2) is 5.75. The van der Waals surface area contributed by atoms with E-state index in [9.17, 15) is 0 Å². The molecule has 0 heterocycles. The van der Waals surface area contributed by atoms with Gasteiger partial charge in [0.05, 0.1) is 0 Å². The van der Waals surface area contributed by atoms with Gasteiger partial charge in [0.1, 0.15) is 0 Å². The van der Waals surface area contributed by atoms with Crippen LogP contribution in [-0.2, 0) is 0 Å². The molecule has 0 bridgehead atoms. The second-order valence-electron chi connectivity index (χ2n) is 5.31. The van der Waals surface area contributed by atoms with E-state index in [1.165, 1.54) is 32.2 Å². The molecule has 1 aliphatic carbocycles. The first-order chi connectivity index (χ1) is 6.69. The summed E-state index contributed by atoms with van der Waals surface area (Å²) in [5, 5.41) is 3.36. The van der Waals surface area contributed by atoms with Gasteiger partial charge in [-0.3, -0.25) is 0 Å². The summed E-state index contributed by atoms with van der Waals surface area (Å²) in [5.41, 5.74) is 0. The minimum Gasteiger partial charge on any atom is -0.319 e. The van der Waals surface area contributed by atoms with Crippen LogP contribution < -0.4 is 5.32 Å². The zero-order chi connectivity index (χ0) is 10.6. The van der Waals surface area contributed by atoms with Crippen molar-refractivity contribution in [1.82, 2.24) is 5.32 Å². The molecule has 0 spiro atoms. The van der Waals surface area contributed by atoms with Gasteiger partial charge >= 0.3 is 0 Å². The smallest absolute Gasteiger partial charge is 0.00208 e. The van der Waals surface area contributed by atoms with E-state index in [4.69, 9.17) is 0 Å². The Morgan fingerprint density at radius 1 is 1.29 bits per heavy atom. The van der Waals surface area contributed by atoms with Gasteiger partial charge in [0, 0.05) is 0 Å². The predicted octanol–water partition coefficient (Wildman–Crippen LogP) is 3.30. The zero-order valence-electron chi connectivity index (χ0n) is 10.3. The Morgan fingerprint density at radius 3 is 2.50 bits per heavy atom. The molecule has 0 aromatic rings. The van der Waals surface area contributed by atoms with E-state index in [0.717, 1.165) is 23.7 Å². The van der Waals surface area contributed by atoms with E-state index in [2.05, 4.69) is 33.1 Å². The Hall–Kier alpha value is -0.0400. The van der Waals surface area contributed by atoms with Crippen molar-refractivity contribution in [3.05, 3.63) is 0 Å². The van der Waals surface area contributed by atoms with Crippen molar-refractivity contribution in [2.24, 2.45) is 23.7 Å². The number of hydrogen-bond acceptors (Lipinski definition) is 1. The Balaban J connectivity index is 2.51. The van der Waals surface area contributed by atoms with Gasteiger partial charge in [0.25, 0.3) is 0 Å². The zero-order valence-corrected chi connectivity index (χ0v) is 10.3. The van der Waals surface area contributed by atoms with Crippen LogP contribution in [-0.4, -0.2) is 13.6 Å². The number of nitrogens with one attached hydrogen (secondary N) is 1. The maximum atomic E-state index is 3.36. The minimum absolute atomic E-state index is 0.864. The Bertz CT molecular complexity index is 153. The maximum Gasteiger partial charge on any atom is -0.00208 e. The van der Waals surface area contributed by atoms with Crippen LogP contribution in [0.1, 0.15) is 46.5 Å². The molecule has 0 saturated heterocycles. The van der Waals surface area contributed by atoms with Crippen molar-refractivity contribution in [2.75, 3.05) is 13.6 Å². The quantitative estimate of drug-likeness (QED) is 0.729. The van der Waals surface area contributed by atoms with Crippen LogP contribution in [0.2, 0.25) is 0 Å². The molecule has 0 radical (unpaired) electrons. The van der Waals surface area contributed by atoms with E-state index < -0.39 is 0 Å². The van der Waals surface area contributed by atoms with Crippen LogP contribution in [0, 0.1) is 23.7 Å². The van der Waals surface area contributed by atoms with Gasteiger partial charge in [-0.15, -0.1) is 0 Å². The summed E-state index contributed by atoms with van der Waals surface area (Å²) in [6, 6.07) is 0. The molecular weight excluding hydrogens is 170 g/mol. The molecule has 1 rings (SSSR count). The normalized spacial score (nSPS) is 33.6. The largest absolute Gasteiger partial charge is 0.319 e. The topological polar surface area (TPSA) is 12.0 Å². The summed E-state index contributed by atoms with van der Waals surface area (Å²) in [6.07, 6.45) is 5.77. The first-order valence-electron chi connectivity index (χ1n) is 6.33. The standard InChI is InChI=1S/C13H27N/c1-5-11-6-7-12(9-14-4)13(8-11)10(2)3/h10-14H,5-9H2,1-4H3. The predicted molar refractivity (Wildman–Crippen MR) is 63.4 cm³/mol. The third-order valence-electron chi connectivity index (χ3n) is 4.06. The Morgan fingerprint density at radius 2 is 2.00 bits per heavy atom. The molecule has 1 aliphatic rings. The van der Waals surface area contributed by atoms with Gasteiger partial charge in [-0.2, -0.15) is 0 Å². The Kier molecular flexibility index (Phi) is 4.94. The Labute approximate surface area is 89.7 Å². The monoisotopic (exact) mass is 197 g/mol. The summed E-state index contributed by atoms with van der Waals surface area (Å²) < 4.78 is 0. The SMILES string of the molecule is CCC1CCC(CNC)C(C(C)C)C1. The van der Waals surface area contributed by atoms with E-state index >= 15 is 0 Å². The molecule has 1 fully saturated rings. The fourth-order valence-corrected chi connectivity index (χ4v) is 3.06. The van der Waals surface area contributed by atoms with Crippen LogP contribution in [0.4, 0.5) is 0 Å². The highest BCUT2D eigenvalue weighted by Gasteiger charge is 2.30. The van der Waals surface area contributed by atoms with Crippen LogP contribution in [0.3, 0.4) is 0 Å². The summed E-state index contributed by atoms with van der Waals surface area (Å²) in [7, 11) is 2.09. The van der Waals surface area contributed by atoms with Crippen molar-refractivity contribution in [3.8, 4) is 0 Å². The molecule has 1 nitrogen and oxygen atoms in total. The second-order valence-corrected chi connectivity index (χ2v) is 5.31. The molecule has 14 heavy (non-hydrogen) atoms. The van der Waals surface area contributed by atoms with Gasteiger partial charge in [0.2, 0.25) is 0 Å². The molecule has 0 aromatic heterocycles. The number of hydrogen-bond donors (Lipinski definition) is 1. The van der Waals surface area contributed by atoms with E-state index in [1.807, 2.05) is 0 Å². The van der Waals surface area contributed by atoms with Gasteiger partial charge in [0.15, 0.2) is 0 Å². The number of rotatable bonds is 4. The van der Waals surface area contributed by atoms with Gasteiger partial charge < -0.3 is 5.32 Å². The molecule has 84 valence electrons. The van der Waals surface area contributed by atoms with Crippen molar-refractivity contribution in [2.45, 2.75) is 46.5 Å². The summed E-state index contributed by atoms with van der Waals surface area (Å²) in [5.74, 6) is 3.77. The maximum absolute atomic E-state index is 3.36. The van der Waals surface area contributed by atoms with E-state index in [1.54, 1.807) is 0 Å². The van der Waals surface area contributed by atoms with Gasteiger partial charge in [-0.1, -0.05) is 33.6 Å². The van der Waals surface area contributed by atoms with Crippen molar-refractivity contribution in [1.29, 1.82) is 0 Å². The van der Waals surface area contributed by atoms with Gasteiger partial charge in [-0.25, -0.2) is 0 Å². The van der Waals surface area contributed by atoms with Crippen LogP contribution in [0.5, 0.6) is 0 Å². The summed E-state index contributed by atoms with van der Waals surface area (Å²) in [4.78, 5) is 0. The van der Waals surface area contributed by atoms with Crippen molar-refractivity contribution in [3.63, 3.8) is 0 Å². The van der Waals surface area contributed by atoms with Crippen LogP contribution in [0.25, 0.3) is 0 Å². The molecule has 3 unspecified atom stereocenters. The molecule has 0 aliphatic heterocycles. The highest BCUT2D eigenvalue weighted by atomic mass is 14.8. The van der Waals surface area contributed by atoms with Crippen molar-refractivity contribution >= 4 is 0 Å². The fourth-order valence-electron chi connectivity index (χ4n) is 3.06. The van der Waals surface area contributed by atoms with Crippen LogP contribution >= 0.6 is 0 Å². The first kappa shape index (κ1) is 12.0. The molecule has 1 heteroatoms. The fraction of sp³-hybridized carbons (Fsp3) is 1.00. The van der Waals surface area contributed by atoms with Gasteiger partial charge in [-0.05, 0) is 50.1 Å². The molecule has 1 saturated carbocycles. The lowest BCUT2D eigenvalue weighted by atomic mass is 9.69. The molecule has 0 aromatic carbocycles. The molecule has 3 atom stereocenters. The molecule has 1 N–H and O–H groups in total. The lowest BCUT2D eigenvalue weighted by molar-refractivity contribution is 0.132. The highest BCUT2D eigenvalue weighted by molar-refractivity contribution is 4.82. The minimum atomic E-state index is 0.864. The molecular formula is C13H27N. The summed E-state index contributed by atoms with van der Waals surface area (Å²) >= 11 is 0. The lowest BCUT2D eigenvalue weighted by Gasteiger charge is -2.38. The average molecular weight is 197 g/mol.